The lowest BCUT2D eigenvalue weighted by atomic mass is 10.2. The topological polar surface area (TPSA) is 80.3 Å². The summed E-state index contributed by atoms with van der Waals surface area (Å²) in [6.07, 6.45) is 3.28. The van der Waals surface area contributed by atoms with Crippen LogP contribution in [0.15, 0.2) is 48.8 Å². The number of carbonyl (C=O) groups excluding carboxylic acids is 2. The Balaban J connectivity index is 1.76. The lowest BCUT2D eigenvalue weighted by Gasteiger charge is -2.07. The van der Waals surface area contributed by atoms with Crippen molar-refractivity contribution in [1.29, 1.82) is 0 Å². The fourth-order valence-electron chi connectivity index (χ4n) is 1.90. The summed E-state index contributed by atoms with van der Waals surface area (Å²) in [5.74, 6) is -0.556. The summed E-state index contributed by atoms with van der Waals surface area (Å²) in [6, 6.07) is 10.9. The van der Waals surface area contributed by atoms with Crippen molar-refractivity contribution < 1.29 is 14.3 Å². The zero-order valence-electron chi connectivity index (χ0n) is 12.9. The van der Waals surface area contributed by atoms with Gasteiger partial charge in [0.15, 0.2) is 0 Å². The molecule has 0 bridgehead atoms. The van der Waals surface area contributed by atoms with E-state index in [0.29, 0.717) is 6.61 Å². The van der Waals surface area contributed by atoms with Gasteiger partial charge in [-0.1, -0.05) is 18.2 Å². The van der Waals surface area contributed by atoms with Gasteiger partial charge in [-0.05, 0) is 36.2 Å². The molecule has 0 aliphatic carbocycles. The average Bonchev–Trinajstić information content (AvgIpc) is 2.60. The molecule has 0 radical (unpaired) electrons. The highest BCUT2D eigenvalue weighted by Gasteiger charge is 2.12. The van der Waals surface area contributed by atoms with E-state index >= 15 is 0 Å². The number of benzene rings is 1. The Labute approximate surface area is 134 Å². The van der Waals surface area contributed by atoms with Gasteiger partial charge in [0.2, 0.25) is 0 Å². The van der Waals surface area contributed by atoms with Gasteiger partial charge >= 0.3 is 11.8 Å². The van der Waals surface area contributed by atoms with Gasteiger partial charge in [-0.3, -0.25) is 14.6 Å². The van der Waals surface area contributed by atoms with Crippen molar-refractivity contribution in [2.45, 2.75) is 20.0 Å². The van der Waals surface area contributed by atoms with E-state index in [0.717, 1.165) is 16.9 Å². The molecule has 1 heterocycles. The molecule has 2 rings (SSSR count). The highest BCUT2D eigenvalue weighted by atomic mass is 16.5. The Kier molecular flexibility index (Phi) is 6.11. The Morgan fingerprint density at radius 3 is 2.22 bits per heavy atom. The predicted molar refractivity (Wildman–Crippen MR) is 85.5 cm³/mol. The quantitative estimate of drug-likeness (QED) is 0.790. The zero-order chi connectivity index (χ0) is 16.5. The van der Waals surface area contributed by atoms with Crippen LogP contribution in [0.25, 0.3) is 0 Å². The first-order valence-corrected chi connectivity index (χ1v) is 7.35. The number of amides is 2. The van der Waals surface area contributed by atoms with Crippen LogP contribution >= 0.6 is 0 Å². The lowest BCUT2D eigenvalue weighted by molar-refractivity contribution is -0.139. The van der Waals surface area contributed by atoms with Crippen LogP contribution in [0.1, 0.15) is 18.1 Å². The van der Waals surface area contributed by atoms with Gasteiger partial charge in [-0.2, -0.15) is 0 Å². The molecule has 0 aliphatic heterocycles. The van der Waals surface area contributed by atoms with Gasteiger partial charge in [0.25, 0.3) is 0 Å². The summed E-state index contributed by atoms with van der Waals surface area (Å²) in [5, 5.41) is 5.13. The molecule has 6 nitrogen and oxygen atoms in total. The summed E-state index contributed by atoms with van der Waals surface area (Å²) < 4.78 is 5.34. The van der Waals surface area contributed by atoms with Gasteiger partial charge in [0, 0.05) is 25.5 Å². The third-order valence-corrected chi connectivity index (χ3v) is 3.07. The Bertz CT molecular complexity index is 642. The highest BCUT2D eigenvalue weighted by Crippen LogP contribution is 2.11. The molecular weight excluding hydrogens is 294 g/mol. The number of nitrogens with one attached hydrogen (secondary N) is 2. The van der Waals surface area contributed by atoms with E-state index in [4.69, 9.17) is 4.74 Å². The Morgan fingerprint density at radius 1 is 1.00 bits per heavy atom. The van der Waals surface area contributed by atoms with Crippen LogP contribution in [0, 0.1) is 0 Å². The molecule has 0 saturated carbocycles. The van der Waals surface area contributed by atoms with Crippen molar-refractivity contribution in [2.24, 2.45) is 0 Å². The molecule has 0 aliphatic rings. The van der Waals surface area contributed by atoms with Crippen molar-refractivity contribution >= 4 is 11.8 Å². The van der Waals surface area contributed by atoms with Gasteiger partial charge in [-0.15, -0.1) is 0 Å². The average molecular weight is 313 g/mol. The molecule has 2 amide bonds. The number of rotatable bonds is 6. The molecule has 6 heteroatoms. The first-order valence-electron chi connectivity index (χ1n) is 7.35. The van der Waals surface area contributed by atoms with Gasteiger partial charge in [-0.25, -0.2) is 0 Å². The fourth-order valence-corrected chi connectivity index (χ4v) is 1.90. The van der Waals surface area contributed by atoms with Crippen LogP contribution in [0.3, 0.4) is 0 Å². The summed E-state index contributed by atoms with van der Waals surface area (Å²) in [6.45, 7) is 3.07. The fraction of sp³-hybridized carbons (Fsp3) is 0.235. The van der Waals surface area contributed by atoms with E-state index in [1.165, 1.54) is 0 Å². The highest BCUT2D eigenvalue weighted by molar-refractivity contribution is 6.35. The molecule has 120 valence electrons. The van der Waals surface area contributed by atoms with E-state index in [1.807, 2.05) is 37.3 Å². The largest absolute Gasteiger partial charge is 0.494 e. The van der Waals surface area contributed by atoms with Crippen molar-refractivity contribution in [1.82, 2.24) is 15.6 Å². The van der Waals surface area contributed by atoms with Crippen LogP contribution in [0.2, 0.25) is 0 Å². The number of pyridine rings is 1. The molecule has 23 heavy (non-hydrogen) atoms. The second kappa shape index (κ2) is 8.53. The van der Waals surface area contributed by atoms with Gasteiger partial charge < -0.3 is 15.4 Å². The van der Waals surface area contributed by atoms with Crippen LogP contribution in [0.5, 0.6) is 5.75 Å². The number of hydrogen-bond donors (Lipinski definition) is 2. The normalized spacial score (nSPS) is 9.96. The van der Waals surface area contributed by atoms with Crippen molar-refractivity contribution in [3.63, 3.8) is 0 Å². The van der Waals surface area contributed by atoms with E-state index in [2.05, 4.69) is 15.6 Å². The molecule has 2 aromatic rings. The SMILES string of the molecule is CCOc1ccc(CNC(=O)C(=O)NCc2cccnc2)cc1. The van der Waals surface area contributed by atoms with Crippen molar-refractivity contribution in [2.75, 3.05) is 6.61 Å². The minimum Gasteiger partial charge on any atom is -0.494 e. The van der Waals surface area contributed by atoms with Gasteiger partial charge in [0.05, 0.1) is 6.61 Å². The third kappa shape index (κ3) is 5.43. The lowest BCUT2D eigenvalue weighted by Crippen LogP contribution is -2.39. The van der Waals surface area contributed by atoms with Crippen LogP contribution in [0.4, 0.5) is 0 Å². The molecule has 2 N–H and O–H groups in total. The molecule has 1 aromatic heterocycles. The van der Waals surface area contributed by atoms with E-state index in [9.17, 15) is 9.59 Å². The maximum absolute atomic E-state index is 11.7. The minimum absolute atomic E-state index is 0.267. The molecule has 1 aromatic carbocycles. The minimum atomic E-state index is -0.667. The maximum Gasteiger partial charge on any atom is 0.309 e. The maximum atomic E-state index is 11.7. The molecule has 0 fully saturated rings. The van der Waals surface area contributed by atoms with Crippen molar-refractivity contribution in [3.8, 4) is 5.75 Å². The second-order valence-electron chi connectivity index (χ2n) is 4.80. The summed E-state index contributed by atoms with van der Waals surface area (Å²) in [5.41, 5.74) is 1.72. The molecule has 0 saturated heterocycles. The summed E-state index contributed by atoms with van der Waals surface area (Å²) in [4.78, 5) is 27.4. The van der Waals surface area contributed by atoms with E-state index in [1.54, 1.807) is 18.5 Å². The number of aromatic nitrogens is 1. The number of ether oxygens (including phenoxy) is 1. The van der Waals surface area contributed by atoms with Crippen LogP contribution in [-0.2, 0) is 22.7 Å². The molecule has 0 atom stereocenters. The van der Waals surface area contributed by atoms with E-state index < -0.39 is 11.8 Å². The monoisotopic (exact) mass is 313 g/mol. The summed E-state index contributed by atoms with van der Waals surface area (Å²) >= 11 is 0. The molecule has 0 spiro atoms. The van der Waals surface area contributed by atoms with Gasteiger partial charge in [0.1, 0.15) is 5.75 Å². The Hall–Kier alpha value is -2.89. The first-order chi connectivity index (χ1) is 11.2. The number of carbonyl (C=O) groups is 2. The zero-order valence-corrected chi connectivity index (χ0v) is 12.9. The number of hydrogen-bond acceptors (Lipinski definition) is 4. The van der Waals surface area contributed by atoms with Crippen LogP contribution in [-0.4, -0.2) is 23.4 Å². The summed E-state index contributed by atoms with van der Waals surface area (Å²) in [7, 11) is 0. The van der Waals surface area contributed by atoms with Crippen LogP contribution < -0.4 is 15.4 Å². The smallest absolute Gasteiger partial charge is 0.309 e. The predicted octanol–water partition coefficient (Wildman–Crippen LogP) is 1.41. The van der Waals surface area contributed by atoms with Crippen molar-refractivity contribution in [3.05, 3.63) is 59.9 Å². The Morgan fingerprint density at radius 2 is 1.65 bits per heavy atom. The number of nitrogens with zero attached hydrogens (tertiary/aromatic N) is 1. The van der Waals surface area contributed by atoms with E-state index in [-0.39, 0.29) is 13.1 Å². The third-order valence-electron chi connectivity index (χ3n) is 3.07. The molecule has 0 unspecified atom stereocenters. The first kappa shape index (κ1) is 16.5. The second-order valence-corrected chi connectivity index (χ2v) is 4.80. The standard InChI is InChI=1S/C17H19N3O3/c1-2-23-15-7-5-13(6-8-15)11-19-16(21)17(22)20-12-14-4-3-9-18-10-14/h3-10H,2,11-12H2,1H3,(H,19,21)(H,20,22). The molecular formula is C17H19N3O3.